The van der Waals surface area contributed by atoms with E-state index in [2.05, 4.69) is 43.2 Å². The van der Waals surface area contributed by atoms with E-state index in [0.29, 0.717) is 76.4 Å². The van der Waals surface area contributed by atoms with Gasteiger partial charge >= 0.3 is 6.18 Å². The van der Waals surface area contributed by atoms with Gasteiger partial charge in [-0.1, -0.05) is 29.3 Å². The van der Waals surface area contributed by atoms with Crippen LogP contribution >= 0.6 is 0 Å². The van der Waals surface area contributed by atoms with Gasteiger partial charge in [-0.2, -0.15) is 13.2 Å². The zero-order valence-electron chi connectivity index (χ0n) is 39.1. The van der Waals surface area contributed by atoms with Gasteiger partial charge in [-0.15, -0.1) is 0 Å². The third-order valence-electron chi connectivity index (χ3n) is 11.3. The summed E-state index contributed by atoms with van der Waals surface area (Å²) < 4.78 is 90.8. The van der Waals surface area contributed by atoms with Crippen molar-refractivity contribution in [3.05, 3.63) is 102 Å². The molecule has 0 spiro atoms. The van der Waals surface area contributed by atoms with E-state index < -0.39 is 24.9 Å². The molecule has 3 aromatic heterocycles. The number of benzene rings is 3. The van der Waals surface area contributed by atoms with Gasteiger partial charge in [0.05, 0.1) is 68.3 Å². The third-order valence-corrected chi connectivity index (χ3v) is 11.3. The number of rotatable bonds is 21. The van der Waals surface area contributed by atoms with E-state index in [1.165, 1.54) is 7.11 Å². The Morgan fingerprint density at radius 2 is 1.75 bits per heavy atom. The average molecular weight is 957 g/mol. The number of methoxy groups -OCH3 is 2. The highest BCUT2D eigenvalue weighted by Gasteiger charge is 2.31. The Balaban J connectivity index is 0.820. The summed E-state index contributed by atoms with van der Waals surface area (Å²) in [6.07, 6.45) is -3.32. The topological polar surface area (TPSA) is 158 Å². The van der Waals surface area contributed by atoms with E-state index in [1.807, 2.05) is 50.1 Å². The number of halogens is 4. The minimum absolute atomic E-state index is 0.104. The number of anilines is 3. The lowest BCUT2D eigenvalue weighted by Gasteiger charge is -2.33. The van der Waals surface area contributed by atoms with Crippen molar-refractivity contribution in [1.29, 1.82) is 0 Å². The maximum absolute atomic E-state index is 14.9. The van der Waals surface area contributed by atoms with Crippen LogP contribution in [0.25, 0.3) is 22.0 Å². The molecule has 1 amide bonds. The predicted octanol–water partition coefficient (Wildman–Crippen LogP) is 8.01. The summed E-state index contributed by atoms with van der Waals surface area (Å²) in [5.74, 6) is 8.21. The van der Waals surface area contributed by atoms with Crippen LogP contribution in [0.4, 0.5) is 34.6 Å². The summed E-state index contributed by atoms with van der Waals surface area (Å²) in [5, 5.41) is 17.1. The number of hydrogen-bond donors (Lipinski definition) is 4. The van der Waals surface area contributed by atoms with Crippen molar-refractivity contribution in [3.8, 4) is 46.1 Å². The van der Waals surface area contributed by atoms with Crippen molar-refractivity contribution in [2.24, 2.45) is 0 Å². The molecule has 1 aliphatic heterocycles. The predicted molar refractivity (Wildman–Crippen MR) is 255 cm³/mol. The summed E-state index contributed by atoms with van der Waals surface area (Å²) >= 11 is 0. The van der Waals surface area contributed by atoms with Gasteiger partial charge in [0, 0.05) is 60.6 Å². The summed E-state index contributed by atoms with van der Waals surface area (Å²) in [4.78, 5) is 18.9. The Hall–Kier alpha value is -7.17. The van der Waals surface area contributed by atoms with Crippen LogP contribution in [0, 0.1) is 25.7 Å². The van der Waals surface area contributed by atoms with Gasteiger partial charge in [-0.05, 0) is 87.3 Å². The number of piperidine rings is 1. The van der Waals surface area contributed by atoms with Gasteiger partial charge in [-0.3, -0.25) is 4.79 Å². The molecule has 4 N–H and O–H groups in total. The zero-order valence-corrected chi connectivity index (χ0v) is 39.1. The lowest BCUT2D eigenvalue weighted by atomic mass is 10.0. The van der Waals surface area contributed by atoms with E-state index in [-0.39, 0.29) is 57.7 Å². The number of carbonyl (C=O) groups is 1. The summed E-state index contributed by atoms with van der Waals surface area (Å²) in [6, 6.07) is 20.7. The fourth-order valence-electron chi connectivity index (χ4n) is 7.96. The van der Waals surface area contributed by atoms with Gasteiger partial charge in [0.25, 0.3) is 5.91 Å². The molecule has 69 heavy (non-hydrogen) atoms. The van der Waals surface area contributed by atoms with E-state index >= 15 is 0 Å². The van der Waals surface area contributed by atoms with E-state index in [1.54, 1.807) is 61.8 Å². The quantitative estimate of drug-likeness (QED) is 0.0313. The number of nitrogens with zero attached hydrogens (tertiary/aromatic N) is 4. The van der Waals surface area contributed by atoms with Crippen LogP contribution in [0.2, 0.25) is 0 Å². The highest BCUT2D eigenvalue weighted by Crippen LogP contribution is 2.34. The molecular formula is C50H56F4N8O7. The first-order valence-corrected chi connectivity index (χ1v) is 22.4. The first kappa shape index (κ1) is 49.7. The standard InChI is InChI=1S/C50H56F4N8O7/c1-32-48(33(2)69-60-32)35-24-44(49(65-5)58-28-35)57-27-34-9-6-11-37(23-34)68-30-47(63)56-18-20-66-21-22-67-38-14-15-43(46(26-38)64-4)55-17-8-10-36-25-39-41(59-42-16-19-61(3)29-40(42)51)12-7-13-45(39)62(36)31-50(52,53)54/h6-7,9,11-15,23-26,28,40,42,55,57,59H,16-22,27,29-31H2,1-5H3,(H,56,63)/t40-,42?/m0/s1. The number of aromatic nitrogens is 3. The van der Waals surface area contributed by atoms with Crippen LogP contribution in [-0.2, 0) is 22.6 Å². The fraction of sp³-hybridized carbons (Fsp3) is 0.380. The lowest BCUT2D eigenvalue weighted by Crippen LogP contribution is -2.46. The number of fused-ring (bicyclic) bond motifs is 1. The number of pyridine rings is 1. The second-order valence-electron chi connectivity index (χ2n) is 16.4. The smallest absolute Gasteiger partial charge is 0.406 e. The molecule has 19 heteroatoms. The number of ether oxygens (including phenoxy) is 5. The number of hydrogen-bond acceptors (Lipinski definition) is 13. The molecule has 1 unspecified atom stereocenters. The number of carbonyl (C=O) groups excluding carboxylic acids is 1. The molecular weight excluding hydrogens is 901 g/mol. The van der Waals surface area contributed by atoms with Crippen LogP contribution in [0.1, 0.15) is 29.1 Å². The molecule has 6 aromatic rings. The fourth-order valence-corrected chi connectivity index (χ4v) is 7.96. The van der Waals surface area contributed by atoms with E-state index in [0.717, 1.165) is 27.0 Å². The number of alkyl halides is 4. The van der Waals surface area contributed by atoms with E-state index in [4.69, 9.17) is 28.2 Å². The monoisotopic (exact) mass is 956 g/mol. The van der Waals surface area contributed by atoms with Crippen molar-refractivity contribution in [3.63, 3.8) is 0 Å². The molecule has 0 aliphatic carbocycles. The first-order chi connectivity index (χ1) is 33.3. The number of nitrogens with one attached hydrogen (secondary N) is 4. The van der Waals surface area contributed by atoms with Crippen LogP contribution in [0.5, 0.6) is 23.1 Å². The highest BCUT2D eigenvalue weighted by atomic mass is 19.4. The van der Waals surface area contributed by atoms with Gasteiger partial charge in [0.15, 0.2) is 6.61 Å². The Labute approximate surface area is 397 Å². The molecule has 4 heterocycles. The molecule has 3 aromatic carbocycles. The zero-order chi connectivity index (χ0) is 48.9. The molecule has 0 radical (unpaired) electrons. The Bertz CT molecular complexity index is 2730. The van der Waals surface area contributed by atoms with Crippen LogP contribution in [0.3, 0.4) is 0 Å². The largest absolute Gasteiger partial charge is 0.494 e. The molecule has 1 fully saturated rings. The highest BCUT2D eigenvalue weighted by molar-refractivity contribution is 5.94. The molecule has 1 saturated heterocycles. The second-order valence-corrected chi connectivity index (χ2v) is 16.4. The SMILES string of the molecule is COc1cc(OCCOCCNC(=O)COc2cccc(CNc3cc(-c4c(C)noc4C)cnc3OC)c2)ccc1NCC#Cc1cc2c(NC3CCN(C)C[C@@H]3F)cccc2n1CC(F)(F)F. The van der Waals surface area contributed by atoms with Crippen molar-refractivity contribution < 1.29 is 50.6 Å². The van der Waals surface area contributed by atoms with Crippen molar-refractivity contribution >= 4 is 33.9 Å². The average Bonchev–Trinajstić information content (AvgIpc) is 3.86. The van der Waals surface area contributed by atoms with Gasteiger partial charge in [-0.25, -0.2) is 9.37 Å². The molecule has 366 valence electrons. The lowest BCUT2D eigenvalue weighted by molar-refractivity contribution is -0.140. The van der Waals surface area contributed by atoms with Crippen molar-refractivity contribution in [2.45, 2.75) is 51.7 Å². The maximum Gasteiger partial charge on any atom is 0.406 e. The molecule has 2 atom stereocenters. The minimum Gasteiger partial charge on any atom is -0.494 e. The number of likely N-dealkylation sites (tertiary alicyclic amines) is 1. The number of amides is 1. The van der Waals surface area contributed by atoms with Crippen LogP contribution < -0.4 is 40.2 Å². The van der Waals surface area contributed by atoms with Crippen LogP contribution in [0.15, 0.2) is 83.5 Å². The molecule has 0 bridgehead atoms. The first-order valence-electron chi connectivity index (χ1n) is 22.4. The van der Waals surface area contributed by atoms with E-state index in [9.17, 15) is 22.4 Å². The van der Waals surface area contributed by atoms with Gasteiger partial charge in [0.1, 0.15) is 42.3 Å². The third kappa shape index (κ3) is 13.5. The Morgan fingerprint density at radius 1 is 0.928 bits per heavy atom. The normalized spacial score (nSPS) is 15.0. The van der Waals surface area contributed by atoms with Crippen LogP contribution in [-0.4, -0.2) is 118 Å². The van der Waals surface area contributed by atoms with Crippen molar-refractivity contribution in [2.75, 3.05) is 89.8 Å². The maximum atomic E-state index is 14.9. The summed E-state index contributed by atoms with van der Waals surface area (Å²) in [6.45, 7) is 4.89. The van der Waals surface area contributed by atoms with Gasteiger partial charge < -0.3 is 58.9 Å². The van der Waals surface area contributed by atoms with Gasteiger partial charge in [0.2, 0.25) is 5.88 Å². The summed E-state index contributed by atoms with van der Waals surface area (Å²) in [5.41, 5.74) is 5.82. The molecule has 1 aliphatic rings. The Kier molecular flexibility index (Phi) is 16.7. The summed E-state index contributed by atoms with van der Waals surface area (Å²) in [7, 11) is 4.92. The second kappa shape index (κ2) is 23.2. The van der Waals surface area contributed by atoms with Crippen molar-refractivity contribution in [1.82, 2.24) is 24.9 Å². The molecule has 15 nitrogen and oxygen atoms in total. The molecule has 0 saturated carbocycles. The minimum atomic E-state index is -4.49. The molecule has 7 rings (SSSR count). The Morgan fingerprint density at radius 3 is 2.52 bits per heavy atom. The number of aryl methyl sites for hydroxylation is 2.